The lowest BCUT2D eigenvalue weighted by Gasteiger charge is -2.34. The third-order valence-electron chi connectivity index (χ3n) is 4.51. The smallest absolute Gasteiger partial charge is 0.320 e. The van der Waals surface area contributed by atoms with Crippen molar-refractivity contribution in [1.82, 2.24) is 0 Å². The Kier molecular flexibility index (Phi) is 8.51. The average molecular weight is 312 g/mol. The summed E-state index contributed by atoms with van der Waals surface area (Å²) in [5.74, 6) is -0.661. The molecule has 1 saturated carbocycles. The molecule has 1 rings (SSSR count). The van der Waals surface area contributed by atoms with Gasteiger partial charge in [0.25, 0.3) is 0 Å². The van der Waals surface area contributed by atoms with E-state index in [0.29, 0.717) is 25.0 Å². The summed E-state index contributed by atoms with van der Waals surface area (Å²) >= 11 is 0. The van der Waals surface area contributed by atoms with E-state index in [1.807, 2.05) is 0 Å². The number of hydrogen-bond acceptors (Lipinski definition) is 4. The molecule has 22 heavy (non-hydrogen) atoms. The monoisotopic (exact) mass is 312 g/mol. The molecule has 1 fully saturated rings. The first kappa shape index (κ1) is 19.0. The molecule has 4 nitrogen and oxygen atoms in total. The highest BCUT2D eigenvalue weighted by Crippen LogP contribution is 2.38. The molecule has 0 aliphatic heterocycles. The molecular formula is C18H32O4. The topological polar surface area (TPSA) is 52.6 Å². The molecule has 128 valence electrons. The maximum absolute atomic E-state index is 12.4. The van der Waals surface area contributed by atoms with Gasteiger partial charge in [-0.1, -0.05) is 46.0 Å². The van der Waals surface area contributed by atoms with E-state index in [-0.39, 0.29) is 5.92 Å². The zero-order valence-corrected chi connectivity index (χ0v) is 14.6. The van der Waals surface area contributed by atoms with Crippen molar-refractivity contribution in [2.45, 2.75) is 66.2 Å². The Morgan fingerprint density at radius 1 is 0.955 bits per heavy atom. The number of rotatable bonds is 8. The maximum atomic E-state index is 12.4. The van der Waals surface area contributed by atoms with Crippen LogP contribution < -0.4 is 0 Å². The van der Waals surface area contributed by atoms with Crippen LogP contribution >= 0.6 is 0 Å². The van der Waals surface area contributed by atoms with Crippen molar-refractivity contribution in [3.63, 3.8) is 0 Å². The highest BCUT2D eigenvalue weighted by molar-refractivity contribution is 5.95. The molecule has 0 aromatic carbocycles. The molecule has 0 aromatic rings. The molecule has 1 aliphatic rings. The van der Waals surface area contributed by atoms with Crippen LogP contribution in [0.25, 0.3) is 0 Å². The van der Waals surface area contributed by atoms with E-state index in [2.05, 4.69) is 13.8 Å². The minimum Gasteiger partial charge on any atom is -0.465 e. The van der Waals surface area contributed by atoms with Crippen LogP contribution in [0, 0.1) is 23.7 Å². The minimum atomic E-state index is -0.759. The second-order valence-corrected chi connectivity index (χ2v) is 6.67. The quantitative estimate of drug-likeness (QED) is 0.502. The van der Waals surface area contributed by atoms with Gasteiger partial charge in [-0.25, -0.2) is 0 Å². The van der Waals surface area contributed by atoms with Crippen molar-refractivity contribution >= 4 is 11.9 Å². The second-order valence-electron chi connectivity index (χ2n) is 6.67. The van der Waals surface area contributed by atoms with Gasteiger partial charge < -0.3 is 9.47 Å². The first-order valence-corrected chi connectivity index (χ1v) is 8.84. The van der Waals surface area contributed by atoms with Crippen LogP contribution in [0.15, 0.2) is 0 Å². The molecular weight excluding hydrogens is 280 g/mol. The van der Waals surface area contributed by atoms with Gasteiger partial charge in [-0.2, -0.15) is 0 Å². The third kappa shape index (κ3) is 5.62. The lowest BCUT2D eigenvalue weighted by Crippen LogP contribution is -2.39. The molecule has 0 saturated heterocycles. The Labute approximate surface area is 134 Å². The molecule has 0 spiro atoms. The van der Waals surface area contributed by atoms with Crippen LogP contribution in [0.3, 0.4) is 0 Å². The Balaban J connectivity index is 2.98. The third-order valence-corrected chi connectivity index (χ3v) is 4.51. The molecule has 1 atom stereocenters. The van der Waals surface area contributed by atoms with Gasteiger partial charge in [0, 0.05) is 0 Å². The van der Waals surface area contributed by atoms with Crippen molar-refractivity contribution in [3.05, 3.63) is 0 Å². The van der Waals surface area contributed by atoms with Crippen molar-refractivity contribution in [2.75, 3.05) is 13.2 Å². The number of esters is 2. The molecule has 1 unspecified atom stereocenters. The molecule has 1 aliphatic carbocycles. The summed E-state index contributed by atoms with van der Waals surface area (Å²) in [6.45, 7) is 8.43. The van der Waals surface area contributed by atoms with E-state index in [1.54, 1.807) is 13.8 Å². The normalized spacial score (nSPS) is 17.5. The van der Waals surface area contributed by atoms with E-state index in [1.165, 1.54) is 19.3 Å². The molecule has 0 aromatic heterocycles. The van der Waals surface area contributed by atoms with Crippen LogP contribution in [0.1, 0.15) is 66.2 Å². The fraction of sp³-hybridized carbons (Fsp3) is 0.889. The fourth-order valence-electron chi connectivity index (χ4n) is 3.62. The summed E-state index contributed by atoms with van der Waals surface area (Å²) in [6, 6.07) is 0. The predicted molar refractivity (Wildman–Crippen MR) is 86.3 cm³/mol. The first-order valence-electron chi connectivity index (χ1n) is 8.84. The van der Waals surface area contributed by atoms with E-state index in [4.69, 9.17) is 9.47 Å². The molecule has 0 radical (unpaired) electrons. The summed E-state index contributed by atoms with van der Waals surface area (Å²) in [5.41, 5.74) is 0. The molecule has 0 N–H and O–H groups in total. The fourth-order valence-corrected chi connectivity index (χ4v) is 3.62. The molecule has 0 bridgehead atoms. The summed E-state index contributed by atoms with van der Waals surface area (Å²) in [7, 11) is 0. The van der Waals surface area contributed by atoms with Crippen molar-refractivity contribution in [2.24, 2.45) is 23.7 Å². The number of hydrogen-bond donors (Lipinski definition) is 0. The highest BCUT2D eigenvalue weighted by atomic mass is 16.6. The second kappa shape index (κ2) is 9.86. The maximum Gasteiger partial charge on any atom is 0.320 e. The average Bonchev–Trinajstić information content (AvgIpc) is 2.47. The Hall–Kier alpha value is -1.06. The number of ether oxygens (including phenoxy) is 2. The summed E-state index contributed by atoms with van der Waals surface area (Å²) < 4.78 is 10.4. The van der Waals surface area contributed by atoms with Gasteiger partial charge in [0.15, 0.2) is 5.92 Å². The van der Waals surface area contributed by atoms with Crippen molar-refractivity contribution < 1.29 is 19.1 Å². The Bertz CT molecular complexity index is 327. The highest BCUT2D eigenvalue weighted by Gasteiger charge is 2.41. The van der Waals surface area contributed by atoms with E-state index in [9.17, 15) is 9.59 Å². The summed E-state index contributed by atoms with van der Waals surface area (Å²) in [4.78, 5) is 24.8. The molecule has 0 heterocycles. The first-order chi connectivity index (χ1) is 10.5. The van der Waals surface area contributed by atoms with Crippen LogP contribution in [-0.2, 0) is 19.1 Å². The van der Waals surface area contributed by atoms with Crippen molar-refractivity contribution in [3.8, 4) is 0 Å². The number of carbonyl (C=O) groups is 2. The minimum absolute atomic E-state index is 0.0402. The van der Waals surface area contributed by atoms with Crippen LogP contribution in [0.5, 0.6) is 0 Å². The largest absolute Gasteiger partial charge is 0.465 e. The van der Waals surface area contributed by atoms with Crippen LogP contribution in [-0.4, -0.2) is 25.2 Å². The van der Waals surface area contributed by atoms with Crippen LogP contribution in [0.4, 0.5) is 0 Å². The number of carbonyl (C=O) groups excluding carboxylic acids is 2. The standard InChI is InChI=1S/C18H32O4/c1-5-21-17(19)16(18(20)22-6-2)15(12-13(3)4)14-10-8-7-9-11-14/h13-16H,5-12H2,1-4H3. The molecule has 4 heteroatoms. The lowest BCUT2D eigenvalue weighted by atomic mass is 9.71. The van der Waals surface area contributed by atoms with Crippen LogP contribution in [0.2, 0.25) is 0 Å². The molecule has 0 amide bonds. The van der Waals surface area contributed by atoms with E-state index < -0.39 is 17.9 Å². The summed E-state index contributed by atoms with van der Waals surface area (Å²) in [5, 5.41) is 0. The van der Waals surface area contributed by atoms with Gasteiger partial charge in [-0.3, -0.25) is 9.59 Å². The summed E-state index contributed by atoms with van der Waals surface area (Å²) in [6.07, 6.45) is 6.72. The van der Waals surface area contributed by atoms with Gasteiger partial charge >= 0.3 is 11.9 Å². The van der Waals surface area contributed by atoms with Gasteiger partial charge in [-0.15, -0.1) is 0 Å². The zero-order chi connectivity index (χ0) is 16.5. The zero-order valence-electron chi connectivity index (χ0n) is 14.6. The SMILES string of the molecule is CCOC(=O)C(C(=O)OCC)C(CC(C)C)C1CCCCC1. The lowest BCUT2D eigenvalue weighted by molar-refractivity contribution is -0.166. The predicted octanol–water partition coefficient (Wildman–Crippen LogP) is 3.97. The van der Waals surface area contributed by atoms with E-state index in [0.717, 1.165) is 19.3 Å². The van der Waals surface area contributed by atoms with Gasteiger partial charge in [0.2, 0.25) is 0 Å². The van der Waals surface area contributed by atoms with Gasteiger partial charge in [0.05, 0.1) is 13.2 Å². The van der Waals surface area contributed by atoms with Crippen molar-refractivity contribution in [1.29, 1.82) is 0 Å². The Morgan fingerprint density at radius 3 is 1.86 bits per heavy atom. The van der Waals surface area contributed by atoms with E-state index >= 15 is 0 Å². The Morgan fingerprint density at radius 2 is 1.45 bits per heavy atom. The van der Waals surface area contributed by atoms with Gasteiger partial charge in [0.1, 0.15) is 0 Å². The van der Waals surface area contributed by atoms with Gasteiger partial charge in [-0.05, 0) is 38.0 Å².